The highest BCUT2D eigenvalue weighted by atomic mass is 16.3. The SMILES string of the molecule is C=C1C(O)C2CC(C)(CO)C(=O)C2=C(CCC2CC2)C12CC2. The van der Waals surface area contributed by atoms with Crippen LogP contribution in [0.2, 0.25) is 0 Å². The van der Waals surface area contributed by atoms with Gasteiger partial charge in [0, 0.05) is 16.9 Å². The standard InChI is InChI=1S/C19H26O3/c1-11-16(21)13-9-18(2,10-20)17(22)15(13)14(19(11)7-8-19)6-5-12-3-4-12/h12-13,16,20-21H,1,3-10H2,2H3. The summed E-state index contributed by atoms with van der Waals surface area (Å²) in [6, 6.07) is 0. The lowest BCUT2D eigenvalue weighted by Crippen LogP contribution is -2.34. The maximum absolute atomic E-state index is 13.0. The first-order chi connectivity index (χ1) is 10.4. The van der Waals surface area contributed by atoms with Crippen molar-refractivity contribution in [3.8, 4) is 0 Å². The zero-order valence-corrected chi connectivity index (χ0v) is 13.4. The molecule has 0 saturated heterocycles. The fourth-order valence-corrected chi connectivity index (χ4v) is 4.79. The van der Waals surface area contributed by atoms with Crippen molar-refractivity contribution in [2.45, 2.75) is 58.0 Å². The molecule has 4 aliphatic carbocycles. The maximum Gasteiger partial charge on any atom is 0.167 e. The Balaban J connectivity index is 1.78. The molecule has 3 atom stereocenters. The second kappa shape index (κ2) is 4.55. The van der Waals surface area contributed by atoms with Crippen LogP contribution in [-0.4, -0.2) is 28.7 Å². The number of fused-ring (bicyclic) bond motifs is 1. The summed E-state index contributed by atoms with van der Waals surface area (Å²) in [5.74, 6) is 0.782. The van der Waals surface area contributed by atoms with Gasteiger partial charge >= 0.3 is 0 Å². The summed E-state index contributed by atoms with van der Waals surface area (Å²) in [6.45, 7) is 5.91. The molecular weight excluding hydrogens is 276 g/mol. The van der Waals surface area contributed by atoms with Crippen molar-refractivity contribution in [3.05, 3.63) is 23.3 Å². The van der Waals surface area contributed by atoms with Gasteiger partial charge in [-0.15, -0.1) is 0 Å². The first-order valence-corrected chi connectivity index (χ1v) is 8.69. The maximum atomic E-state index is 13.0. The van der Waals surface area contributed by atoms with Crippen LogP contribution in [0.1, 0.15) is 51.9 Å². The fraction of sp³-hybridized carbons (Fsp3) is 0.737. The van der Waals surface area contributed by atoms with Crippen molar-refractivity contribution in [1.29, 1.82) is 0 Å². The van der Waals surface area contributed by atoms with Crippen molar-refractivity contribution in [3.63, 3.8) is 0 Å². The van der Waals surface area contributed by atoms with E-state index in [0.717, 1.165) is 36.3 Å². The summed E-state index contributed by atoms with van der Waals surface area (Å²) in [4.78, 5) is 13.0. The van der Waals surface area contributed by atoms with Gasteiger partial charge in [0.1, 0.15) is 0 Å². The number of carbonyl (C=O) groups excluding carboxylic acids is 1. The summed E-state index contributed by atoms with van der Waals surface area (Å²) < 4.78 is 0. The smallest absolute Gasteiger partial charge is 0.167 e. The van der Waals surface area contributed by atoms with Crippen molar-refractivity contribution in [1.82, 2.24) is 0 Å². The summed E-state index contributed by atoms with van der Waals surface area (Å²) in [7, 11) is 0. The average molecular weight is 302 g/mol. The topological polar surface area (TPSA) is 57.5 Å². The molecule has 1 spiro atoms. The number of rotatable bonds is 4. The van der Waals surface area contributed by atoms with Gasteiger partial charge in [-0.05, 0) is 43.6 Å². The number of aliphatic hydroxyl groups is 2. The first-order valence-electron chi connectivity index (χ1n) is 8.69. The largest absolute Gasteiger partial charge is 0.395 e. The molecule has 3 heteroatoms. The predicted molar refractivity (Wildman–Crippen MR) is 84.1 cm³/mol. The van der Waals surface area contributed by atoms with Crippen molar-refractivity contribution in [2.24, 2.45) is 22.7 Å². The second-order valence-electron chi connectivity index (χ2n) is 8.28. The average Bonchev–Trinajstić information content (AvgIpc) is 3.41. The van der Waals surface area contributed by atoms with E-state index in [0.29, 0.717) is 6.42 Å². The van der Waals surface area contributed by atoms with Crippen LogP contribution in [0.3, 0.4) is 0 Å². The zero-order chi connectivity index (χ0) is 15.7. The molecule has 0 radical (unpaired) electrons. The monoisotopic (exact) mass is 302 g/mol. The van der Waals surface area contributed by atoms with Crippen molar-refractivity contribution < 1.29 is 15.0 Å². The highest BCUT2D eigenvalue weighted by Crippen LogP contribution is 2.66. The van der Waals surface area contributed by atoms with Crippen LogP contribution in [0.25, 0.3) is 0 Å². The Morgan fingerprint density at radius 3 is 2.55 bits per heavy atom. The highest BCUT2D eigenvalue weighted by molar-refractivity contribution is 6.04. The highest BCUT2D eigenvalue weighted by Gasteiger charge is 2.61. The Hall–Kier alpha value is -0.930. The van der Waals surface area contributed by atoms with E-state index in [1.165, 1.54) is 24.8 Å². The van der Waals surface area contributed by atoms with Gasteiger partial charge < -0.3 is 10.2 Å². The quantitative estimate of drug-likeness (QED) is 0.785. The van der Waals surface area contributed by atoms with Crippen LogP contribution in [-0.2, 0) is 4.79 Å². The third-order valence-corrected chi connectivity index (χ3v) is 6.69. The number of aliphatic hydroxyl groups excluding tert-OH is 2. The van der Waals surface area contributed by atoms with E-state index in [1.807, 2.05) is 6.92 Å². The van der Waals surface area contributed by atoms with Crippen LogP contribution in [0.4, 0.5) is 0 Å². The van der Waals surface area contributed by atoms with Gasteiger partial charge in [0.2, 0.25) is 0 Å². The summed E-state index contributed by atoms with van der Waals surface area (Å²) in [6.07, 6.45) is 6.80. The normalized spacial score (nSPS) is 39.6. The number of ketones is 1. The molecule has 0 aliphatic heterocycles. The lowest BCUT2D eigenvalue weighted by molar-refractivity contribution is -0.124. The molecule has 3 nitrogen and oxygen atoms in total. The Morgan fingerprint density at radius 1 is 1.32 bits per heavy atom. The third-order valence-electron chi connectivity index (χ3n) is 6.69. The number of hydrogen-bond acceptors (Lipinski definition) is 3. The Labute approximate surface area is 132 Å². The molecule has 2 N–H and O–H groups in total. The Bertz CT molecular complexity index is 579. The third kappa shape index (κ3) is 1.85. The number of Topliss-reactive ketones (excluding diaryl/α,β-unsaturated/α-hetero) is 1. The molecule has 0 aromatic heterocycles. The van der Waals surface area contributed by atoms with Gasteiger partial charge in [-0.2, -0.15) is 0 Å². The molecule has 3 fully saturated rings. The zero-order valence-electron chi connectivity index (χ0n) is 13.4. The molecule has 3 unspecified atom stereocenters. The molecule has 0 bridgehead atoms. The van der Waals surface area contributed by atoms with E-state index in [-0.39, 0.29) is 23.7 Å². The van der Waals surface area contributed by atoms with Gasteiger partial charge in [0.15, 0.2) is 5.78 Å². The van der Waals surface area contributed by atoms with E-state index in [9.17, 15) is 15.0 Å². The number of hydrogen-bond donors (Lipinski definition) is 2. The van der Waals surface area contributed by atoms with Crippen LogP contribution < -0.4 is 0 Å². The molecule has 4 rings (SSSR count). The summed E-state index contributed by atoms with van der Waals surface area (Å²) >= 11 is 0. The fourth-order valence-electron chi connectivity index (χ4n) is 4.79. The van der Waals surface area contributed by atoms with Gasteiger partial charge in [0.05, 0.1) is 18.1 Å². The number of allylic oxidation sites excluding steroid dienone is 1. The van der Waals surface area contributed by atoms with Crippen LogP contribution >= 0.6 is 0 Å². The van der Waals surface area contributed by atoms with Crippen LogP contribution in [0, 0.1) is 22.7 Å². The van der Waals surface area contributed by atoms with Gasteiger partial charge in [-0.25, -0.2) is 0 Å². The predicted octanol–water partition coefficient (Wildman–Crippen LogP) is 2.77. The van der Waals surface area contributed by atoms with Gasteiger partial charge in [-0.1, -0.05) is 31.9 Å². The van der Waals surface area contributed by atoms with Crippen LogP contribution in [0.15, 0.2) is 23.3 Å². The first kappa shape index (κ1) is 14.6. The van der Waals surface area contributed by atoms with Gasteiger partial charge in [-0.3, -0.25) is 4.79 Å². The van der Waals surface area contributed by atoms with E-state index >= 15 is 0 Å². The Kier molecular flexibility index (Phi) is 3.03. The van der Waals surface area contributed by atoms with Crippen LogP contribution in [0.5, 0.6) is 0 Å². The molecule has 22 heavy (non-hydrogen) atoms. The van der Waals surface area contributed by atoms with E-state index in [4.69, 9.17) is 0 Å². The number of carbonyl (C=O) groups is 1. The van der Waals surface area contributed by atoms with Gasteiger partial charge in [0.25, 0.3) is 0 Å². The molecule has 0 aromatic carbocycles. The molecule has 4 aliphatic rings. The molecule has 0 amide bonds. The summed E-state index contributed by atoms with van der Waals surface area (Å²) in [5.41, 5.74) is 2.28. The lowest BCUT2D eigenvalue weighted by Gasteiger charge is -2.37. The minimum absolute atomic E-state index is 0.0867. The molecule has 0 aromatic rings. The Morgan fingerprint density at radius 2 is 2.00 bits per heavy atom. The minimum Gasteiger partial charge on any atom is -0.395 e. The second-order valence-corrected chi connectivity index (χ2v) is 8.28. The van der Waals surface area contributed by atoms with Crippen molar-refractivity contribution in [2.75, 3.05) is 6.61 Å². The van der Waals surface area contributed by atoms with E-state index in [2.05, 4.69) is 6.58 Å². The van der Waals surface area contributed by atoms with E-state index in [1.54, 1.807) is 0 Å². The van der Waals surface area contributed by atoms with E-state index < -0.39 is 11.5 Å². The molecule has 3 saturated carbocycles. The summed E-state index contributed by atoms with van der Waals surface area (Å²) in [5, 5.41) is 20.4. The lowest BCUT2D eigenvalue weighted by atomic mass is 9.69. The molecule has 120 valence electrons. The minimum atomic E-state index is -0.716. The molecular formula is C19H26O3. The molecule has 0 heterocycles. The van der Waals surface area contributed by atoms with Crippen molar-refractivity contribution >= 4 is 5.78 Å².